The van der Waals surface area contributed by atoms with Crippen molar-refractivity contribution in [1.29, 1.82) is 0 Å². The molecule has 5 nitrogen and oxygen atoms in total. The fourth-order valence-corrected chi connectivity index (χ4v) is 1.68. The average molecular weight is 246 g/mol. The number of ether oxygens (including phenoxy) is 1. The molecule has 0 saturated carbocycles. The van der Waals surface area contributed by atoms with Crippen LogP contribution in [0.3, 0.4) is 0 Å². The third kappa shape index (κ3) is 2.34. The minimum Gasteiger partial charge on any atom is -0.490 e. The van der Waals surface area contributed by atoms with Gasteiger partial charge in [0.05, 0.1) is 18.0 Å². The van der Waals surface area contributed by atoms with Crippen molar-refractivity contribution in [2.24, 2.45) is 0 Å². The number of para-hydroxylation sites is 1. The zero-order valence-electron chi connectivity index (χ0n) is 10.2. The van der Waals surface area contributed by atoms with Crippen LogP contribution in [0.5, 0.6) is 5.75 Å². The van der Waals surface area contributed by atoms with Gasteiger partial charge in [0.2, 0.25) is 0 Å². The van der Waals surface area contributed by atoms with E-state index >= 15 is 0 Å². The molecule has 1 aromatic carbocycles. The highest BCUT2D eigenvalue weighted by atomic mass is 16.5. The molecule has 0 aliphatic heterocycles. The first-order chi connectivity index (χ1) is 8.59. The molecule has 94 valence electrons. The minimum absolute atomic E-state index is 0.0161. The number of aromatic nitrogens is 2. The topological polar surface area (TPSA) is 75.2 Å². The summed E-state index contributed by atoms with van der Waals surface area (Å²) in [7, 11) is 0. The smallest absolute Gasteiger partial charge is 0.339 e. The Kier molecular flexibility index (Phi) is 3.32. The van der Waals surface area contributed by atoms with Gasteiger partial charge in [0.15, 0.2) is 0 Å². The van der Waals surface area contributed by atoms with E-state index in [-0.39, 0.29) is 11.7 Å². The molecule has 1 aromatic heterocycles. The second kappa shape index (κ2) is 4.91. The van der Waals surface area contributed by atoms with Crippen molar-refractivity contribution >= 4 is 5.97 Å². The summed E-state index contributed by atoms with van der Waals surface area (Å²) in [6, 6.07) is 7.28. The Morgan fingerprint density at radius 3 is 2.78 bits per heavy atom. The van der Waals surface area contributed by atoms with Gasteiger partial charge >= 0.3 is 5.97 Å². The Bertz CT molecular complexity index is 561. The van der Waals surface area contributed by atoms with Gasteiger partial charge in [-0.15, -0.1) is 0 Å². The highest BCUT2D eigenvalue weighted by Gasteiger charge is 2.17. The van der Waals surface area contributed by atoms with E-state index in [1.165, 1.54) is 6.20 Å². The van der Waals surface area contributed by atoms with Crippen LogP contribution in [0, 0.1) is 0 Å². The first-order valence-electron chi connectivity index (χ1n) is 5.62. The van der Waals surface area contributed by atoms with Crippen molar-refractivity contribution in [3.05, 3.63) is 36.0 Å². The molecule has 0 bridgehead atoms. The van der Waals surface area contributed by atoms with Gasteiger partial charge in [0.1, 0.15) is 11.3 Å². The summed E-state index contributed by atoms with van der Waals surface area (Å²) in [6.07, 6.45) is 1.31. The average Bonchev–Trinajstić information content (AvgIpc) is 2.77. The van der Waals surface area contributed by atoms with Gasteiger partial charge in [-0.1, -0.05) is 12.1 Å². The molecule has 0 fully saturated rings. The predicted molar refractivity (Wildman–Crippen MR) is 66.7 cm³/mol. The molecular weight excluding hydrogens is 232 g/mol. The van der Waals surface area contributed by atoms with E-state index in [2.05, 4.69) is 10.2 Å². The lowest BCUT2D eigenvalue weighted by Crippen LogP contribution is -2.07. The number of carbonyl (C=O) groups is 1. The zero-order valence-corrected chi connectivity index (χ0v) is 10.2. The number of hydrogen-bond acceptors (Lipinski definition) is 3. The monoisotopic (exact) mass is 246 g/mol. The van der Waals surface area contributed by atoms with Gasteiger partial charge in [-0.3, -0.25) is 5.10 Å². The molecule has 18 heavy (non-hydrogen) atoms. The summed E-state index contributed by atoms with van der Waals surface area (Å²) >= 11 is 0. The van der Waals surface area contributed by atoms with E-state index in [9.17, 15) is 4.79 Å². The van der Waals surface area contributed by atoms with Crippen LogP contribution in [-0.4, -0.2) is 27.4 Å². The van der Waals surface area contributed by atoms with Gasteiger partial charge in [-0.05, 0) is 26.0 Å². The van der Waals surface area contributed by atoms with Crippen molar-refractivity contribution in [3.63, 3.8) is 0 Å². The van der Waals surface area contributed by atoms with Crippen LogP contribution in [0.4, 0.5) is 0 Å². The third-order valence-electron chi connectivity index (χ3n) is 2.39. The van der Waals surface area contributed by atoms with E-state index in [4.69, 9.17) is 9.84 Å². The Morgan fingerprint density at radius 2 is 2.11 bits per heavy atom. The number of benzene rings is 1. The van der Waals surface area contributed by atoms with Crippen LogP contribution < -0.4 is 4.74 Å². The standard InChI is InChI=1S/C13H14N2O3/c1-8(2)18-11-6-4-3-5-9(11)12-10(13(16)17)7-14-15-12/h3-8H,1-2H3,(H,14,15)(H,16,17). The van der Waals surface area contributed by atoms with E-state index < -0.39 is 5.97 Å². The van der Waals surface area contributed by atoms with Crippen molar-refractivity contribution < 1.29 is 14.6 Å². The highest BCUT2D eigenvalue weighted by molar-refractivity contribution is 5.95. The van der Waals surface area contributed by atoms with Crippen molar-refractivity contribution in [2.45, 2.75) is 20.0 Å². The first-order valence-corrected chi connectivity index (χ1v) is 5.62. The lowest BCUT2D eigenvalue weighted by atomic mass is 10.1. The maximum absolute atomic E-state index is 11.1. The molecular formula is C13H14N2O3. The van der Waals surface area contributed by atoms with Gasteiger partial charge in [0, 0.05) is 5.56 Å². The number of H-pyrrole nitrogens is 1. The molecule has 0 amide bonds. The summed E-state index contributed by atoms with van der Waals surface area (Å²) < 4.78 is 5.66. The molecule has 1 heterocycles. The van der Waals surface area contributed by atoms with Gasteiger partial charge < -0.3 is 9.84 Å². The van der Waals surface area contributed by atoms with Gasteiger partial charge in [-0.25, -0.2) is 4.79 Å². The minimum atomic E-state index is -1.02. The van der Waals surface area contributed by atoms with Crippen LogP contribution >= 0.6 is 0 Å². The molecule has 5 heteroatoms. The molecule has 2 N–H and O–H groups in total. The van der Waals surface area contributed by atoms with Crippen molar-refractivity contribution in [3.8, 4) is 17.0 Å². The summed E-state index contributed by atoms with van der Waals surface area (Å²) in [6.45, 7) is 3.84. The molecule has 0 spiro atoms. The molecule has 2 rings (SSSR count). The SMILES string of the molecule is CC(C)Oc1ccccc1-c1[nH]ncc1C(=O)O. The molecule has 0 saturated heterocycles. The second-order valence-electron chi connectivity index (χ2n) is 4.13. The van der Waals surface area contributed by atoms with E-state index in [0.29, 0.717) is 17.0 Å². The largest absolute Gasteiger partial charge is 0.490 e. The number of carboxylic acids is 1. The quantitative estimate of drug-likeness (QED) is 0.869. The van der Waals surface area contributed by atoms with Crippen molar-refractivity contribution in [2.75, 3.05) is 0 Å². The summed E-state index contributed by atoms with van der Waals surface area (Å²) in [4.78, 5) is 11.1. The van der Waals surface area contributed by atoms with Crippen LogP contribution in [-0.2, 0) is 0 Å². The van der Waals surface area contributed by atoms with Crippen LogP contribution in [0.1, 0.15) is 24.2 Å². The number of nitrogens with zero attached hydrogens (tertiary/aromatic N) is 1. The van der Waals surface area contributed by atoms with Crippen LogP contribution in [0.15, 0.2) is 30.5 Å². The van der Waals surface area contributed by atoms with Gasteiger partial charge in [-0.2, -0.15) is 5.10 Å². The Hall–Kier alpha value is -2.30. The maximum atomic E-state index is 11.1. The van der Waals surface area contributed by atoms with E-state index in [0.717, 1.165) is 0 Å². The molecule has 2 aromatic rings. The number of aromatic carboxylic acids is 1. The Labute approximate surface area is 104 Å². The Morgan fingerprint density at radius 1 is 1.39 bits per heavy atom. The third-order valence-corrected chi connectivity index (χ3v) is 2.39. The maximum Gasteiger partial charge on any atom is 0.339 e. The number of hydrogen-bond donors (Lipinski definition) is 2. The number of carboxylic acid groups (broad SMARTS) is 1. The van der Waals surface area contributed by atoms with E-state index in [1.807, 2.05) is 32.0 Å². The second-order valence-corrected chi connectivity index (χ2v) is 4.13. The zero-order chi connectivity index (χ0) is 13.1. The summed E-state index contributed by atoms with van der Waals surface area (Å²) in [5.74, 6) is -0.377. The number of rotatable bonds is 4. The molecule has 0 aliphatic carbocycles. The van der Waals surface area contributed by atoms with Crippen LogP contribution in [0.25, 0.3) is 11.3 Å². The molecule has 0 aliphatic rings. The number of aromatic amines is 1. The summed E-state index contributed by atoms with van der Waals surface area (Å²) in [5, 5.41) is 15.6. The lowest BCUT2D eigenvalue weighted by molar-refractivity contribution is 0.0698. The molecule has 0 unspecified atom stereocenters. The fraction of sp³-hybridized carbons (Fsp3) is 0.231. The van der Waals surface area contributed by atoms with E-state index in [1.54, 1.807) is 6.07 Å². The highest BCUT2D eigenvalue weighted by Crippen LogP contribution is 2.31. The fourth-order valence-electron chi connectivity index (χ4n) is 1.68. The van der Waals surface area contributed by atoms with Gasteiger partial charge in [0.25, 0.3) is 0 Å². The number of nitrogens with one attached hydrogen (secondary N) is 1. The van der Waals surface area contributed by atoms with Crippen LogP contribution in [0.2, 0.25) is 0 Å². The first kappa shape index (κ1) is 12.2. The molecule has 0 atom stereocenters. The summed E-state index contributed by atoms with van der Waals surface area (Å²) in [5.41, 5.74) is 1.29. The predicted octanol–water partition coefficient (Wildman–Crippen LogP) is 2.56. The van der Waals surface area contributed by atoms with Crippen molar-refractivity contribution in [1.82, 2.24) is 10.2 Å². The Balaban J connectivity index is 2.50. The normalized spacial score (nSPS) is 10.6. The molecule has 0 radical (unpaired) electrons. The lowest BCUT2D eigenvalue weighted by Gasteiger charge is -2.13.